The Morgan fingerprint density at radius 1 is 1.09 bits per heavy atom. The number of benzene rings is 1. The van der Waals surface area contributed by atoms with Gasteiger partial charge in [0, 0.05) is 49.0 Å². The number of hydrogen-bond acceptors (Lipinski definition) is 4. The van der Waals surface area contributed by atoms with Gasteiger partial charge >= 0.3 is 0 Å². The minimum absolute atomic E-state index is 0.000324. The first kappa shape index (κ1) is 22.4. The zero-order chi connectivity index (χ0) is 23.7. The number of piperidine rings is 1. The molecule has 1 saturated heterocycles. The lowest BCUT2D eigenvalue weighted by molar-refractivity contribution is 0.346. The normalized spacial score (nSPS) is 15.2. The molecule has 4 aromatic rings. The number of pyridine rings is 2. The Balaban J connectivity index is 1.52. The fraction of sp³-hybridized carbons (Fsp3) is 0.357. The number of nitrogens with one attached hydrogen (secondary N) is 1. The van der Waals surface area contributed by atoms with E-state index in [-0.39, 0.29) is 11.6 Å². The third kappa shape index (κ3) is 4.50. The van der Waals surface area contributed by atoms with Crippen LogP contribution in [0.3, 0.4) is 0 Å². The number of H-pyrrole nitrogens is 1. The average molecular weight is 456 g/mol. The van der Waals surface area contributed by atoms with Gasteiger partial charge in [0.05, 0.1) is 17.9 Å². The van der Waals surface area contributed by atoms with E-state index in [2.05, 4.69) is 63.1 Å². The van der Waals surface area contributed by atoms with E-state index in [4.69, 9.17) is 0 Å². The maximum Gasteiger partial charge on any atom is 0.251 e. The first-order chi connectivity index (χ1) is 16.5. The van der Waals surface area contributed by atoms with E-state index in [0.29, 0.717) is 0 Å². The molecular formula is C28H33N5O. The monoisotopic (exact) mass is 455 g/mol. The SMILES string of the molecule is Cc1cccc([C@@H](CN(C)C)n2ccc(-c3c[nH]c4ncc(N5CCCCC5)cc34)cc2=O)c1. The van der Waals surface area contributed by atoms with Crippen LogP contribution in [0.5, 0.6) is 0 Å². The van der Waals surface area contributed by atoms with Crippen molar-refractivity contribution in [2.45, 2.75) is 32.2 Å². The summed E-state index contributed by atoms with van der Waals surface area (Å²) in [5.41, 5.74) is 6.29. The second-order valence-corrected chi connectivity index (χ2v) is 9.69. The molecule has 1 N–H and O–H groups in total. The standard InChI is InChI=1S/C28H33N5O/c1-20-8-7-9-22(14-20)26(19-31(2)3)33-13-10-21(15-27(33)34)25-18-30-28-24(25)16-23(17-29-28)32-11-5-4-6-12-32/h7-10,13-18,26H,4-6,11-12,19H2,1-3H3,(H,29,30)/t26-/m1/s1. The van der Waals surface area contributed by atoms with Gasteiger partial charge in [-0.3, -0.25) is 4.79 Å². The second kappa shape index (κ2) is 9.47. The maximum absolute atomic E-state index is 13.4. The van der Waals surface area contributed by atoms with Crippen LogP contribution in [0.2, 0.25) is 0 Å². The summed E-state index contributed by atoms with van der Waals surface area (Å²) in [6, 6.07) is 14.4. The first-order valence-corrected chi connectivity index (χ1v) is 12.2. The Morgan fingerprint density at radius 2 is 1.91 bits per heavy atom. The van der Waals surface area contributed by atoms with Crippen LogP contribution >= 0.6 is 0 Å². The lowest BCUT2D eigenvalue weighted by atomic mass is 10.0. The molecule has 6 nitrogen and oxygen atoms in total. The predicted molar refractivity (Wildman–Crippen MR) is 140 cm³/mol. The van der Waals surface area contributed by atoms with Gasteiger partial charge in [-0.25, -0.2) is 4.98 Å². The molecule has 176 valence electrons. The van der Waals surface area contributed by atoms with Crippen LogP contribution in [-0.4, -0.2) is 53.2 Å². The van der Waals surface area contributed by atoms with Crippen LogP contribution in [0, 0.1) is 6.92 Å². The zero-order valence-corrected chi connectivity index (χ0v) is 20.3. The van der Waals surface area contributed by atoms with Crippen LogP contribution < -0.4 is 10.5 Å². The van der Waals surface area contributed by atoms with Crippen molar-refractivity contribution in [3.8, 4) is 11.1 Å². The first-order valence-electron chi connectivity index (χ1n) is 12.2. The summed E-state index contributed by atoms with van der Waals surface area (Å²) in [7, 11) is 4.09. The Labute approximate surface area is 200 Å². The molecule has 6 heteroatoms. The predicted octanol–water partition coefficient (Wildman–Crippen LogP) is 4.84. The van der Waals surface area contributed by atoms with Gasteiger partial charge in [0.25, 0.3) is 5.56 Å². The van der Waals surface area contributed by atoms with Gasteiger partial charge in [0.1, 0.15) is 5.65 Å². The van der Waals surface area contributed by atoms with Crippen molar-refractivity contribution in [2.24, 2.45) is 0 Å². The summed E-state index contributed by atoms with van der Waals surface area (Å²) < 4.78 is 1.85. The quantitative estimate of drug-likeness (QED) is 0.452. The number of anilines is 1. The summed E-state index contributed by atoms with van der Waals surface area (Å²) >= 11 is 0. The molecule has 1 atom stereocenters. The van der Waals surface area contributed by atoms with Crippen molar-refractivity contribution in [1.82, 2.24) is 19.4 Å². The van der Waals surface area contributed by atoms with Gasteiger partial charge < -0.3 is 19.4 Å². The fourth-order valence-electron chi connectivity index (χ4n) is 5.05. The van der Waals surface area contributed by atoms with E-state index in [0.717, 1.165) is 53.0 Å². The van der Waals surface area contributed by atoms with Crippen molar-refractivity contribution in [2.75, 3.05) is 38.6 Å². The molecule has 0 unspecified atom stereocenters. The van der Waals surface area contributed by atoms with Gasteiger partial charge in [-0.05, 0) is 63.5 Å². The molecule has 0 amide bonds. The molecule has 0 bridgehead atoms. The maximum atomic E-state index is 13.4. The average Bonchev–Trinajstić information content (AvgIpc) is 3.26. The van der Waals surface area contributed by atoms with Crippen LogP contribution in [0.1, 0.15) is 36.4 Å². The number of aryl methyl sites for hydroxylation is 1. The van der Waals surface area contributed by atoms with E-state index < -0.39 is 0 Å². The third-order valence-electron chi connectivity index (χ3n) is 6.80. The number of aromatic nitrogens is 3. The minimum atomic E-state index is -0.0493. The summed E-state index contributed by atoms with van der Waals surface area (Å²) in [6.45, 7) is 4.99. The van der Waals surface area contributed by atoms with Crippen molar-refractivity contribution in [3.05, 3.63) is 82.5 Å². The topological polar surface area (TPSA) is 57.2 Å². The fourth-order valence-corrected chi connectivity index (χ4v) is 5.05. The van der Waals surface area contributed by atoms with Gasteiger partial charge in [-0.1, -0.05) is 29.8 Å². The molecule has 3 aromatic heterocycles. The van der Waals surface area contributed by atoms with Crippen molar-refractivity contribution >= 4 is 16.7 Å². The molecule has 34 heavy (non-hydrogen) atoms. The molecule has 0 radical (unpaired) electrons. The molecule has 1 aliphatic heterocycles. The van der Waals surface area contributed by atoms with Crippen LogP contribution in [0.25, 0.3) is 22.2 Å². The Hall–Kier alpha value is -3.38. The molecule has 0 saturated carbocycles. The van der Waals surface area contributed by atoms with Crippen LogP contribution in [0.4, 0.5) is 5.69 Å². The number of aromatic amines is 1. The minimum Gasteiger partial charge on any atom is -0.370 e. The number of nitrogens with zero attached hydrogens (tertiary/aromatic N) is 4. The van der Waals surface area contributed by atoms with E-state index in [9.17, 15) is 4.79 Å². The van der Waals surface area contributed by atoms with Crippen LogP contribution in [0.15, 0.2) is 65.8 Å². The Kier molecular flexibility index (Phi) is 6.24. The van der Waals surface area contributed by atoms with E-state index >= 15 is 0 Å². The molecule has 5 rings (SSSR count). The van der Waals surface area contributed by atoms with E-state index in [1.165, 1.54) is 24.8 Å². The highest BCUT2D eigenvalue weighted by molar-refractivity contribution is 5.95. The van der Waals surface area contributed by atoms with Gasteiger partial charge in [-0.15, -0.1) is 0 Å². The summed E-state index contributed by atoms with van der Waals surface area (Å²) in [5.74, 6) is 0. The van der Waals surface area contributed by atoms with Crippen molar-refractivity contribution < 1.29 is 0 Å². The summed E-state index contributed by atoms with van der Waals surface area (Å²) in [4.78, 5) is 25.9. The second-order valence-electron chi connectivity index (χ2n) is 9.69. The molecule has 1 fully saturated rings. The number of hydrogen-bond donors (Lipinski definition) is 1. The smallest absolute Gasteiger partial charge is 0.251 e. The lowest BCUT2D eigenvalue weighted by Gasteiger charge is -2.28. The zero-order valence-electron chi connectivity index (χ0n) is 20.3. The molecule has 1 aromatic carbocycles. The number of fused-ring (bicyclic) bond motifs is 1. The summed E-state index contributed by atoms with van der Waals surface area (Å²) in [6.07, 6.45) is 9.62. The molecule has 0 aliphatic carbocycles. The molecule has 0 spiro atoms. The third-order valence-corrected chi connectivity index (χ3v) is 6.80. The highest BCUT2D eigenvalue weighted by Gasteiger charge is 2.18. The lowest BCUT2D eigenvalue weighted by Crippen LogP contribution is -2.32. The van der Waals surface area contributed by atoms with E-state index in [1.54, 1.807) is 6.07 Å². The number of likely N-dealkylation sites (N-methyl/N-ethyl adjacent to an activating group) is 1. The van der Waals surface area contributed by atoms with Crippen molar-refractivity contribution in [3.63, 3.8) is 0 Å². The van der Waals surface area contributed by atoms with Crippen molar-refractivity contribution in [1.29, 1.82) is 0 Å². The van der Waals surface area contributed by atoms with Gasteiger partial charge in [0.15, 0.2) is 0 Å². The molecule has 4 heterocycles. The molecule has 1 aliphatic rings. The molecular weight excluding hydrogens is 422 g/mol. The number of rotatable bonds is 6. The summed E-state index contributed by atoms with van der Waals surface area (Å²) in [5, 5.41) is 1.06. The Bertz CT molecular complexity index is 1350. The highest BCUT2D eigenvalue weighted by Crippen LogP contribution is 2.31. The Morgan fingerprint density at radius 3 is 2.65 bits per heavy atom. The van der Waals surface area contributed by atoms with Gasteiger partial charge in [0.2, 0.25) is 0 Å². The largest absolute Gasteiger partial charge is 0.370 e. The highest BCUT2D eigenvalue weighted by atomic mass is 16.1. The van der Waals surface area contributed by atoms with Gasteiger partial charge in [-0.2, -0.15) is 0 Å². The van der Waals surface area contributed by atoms with Crippen LogP contribution in [-0.2, 0) is 0 Å². The van der Waals surface area contributed by atoms with E-state index in [1.807, 2.05) is 37.3 Å².